The highest BCUT2D eigenvalue weighted by atomic mass is 35.5. The smallest absolute Gasteiger partial charge is 0.100 e. The molecule has 0 N–H and O–H groups in total. The maximum Gasteiger partial charge on any atom is 0.100 e. The molecule has 0 aliphatic rings. The molecule has 2 aromatic heterocycles. The molecular formula is C11H16ClN5. The second-order valence-corrected chi connectivity index (χ2v) is 4.99. The number of nitrogens with zero attached hydrogens (tertiary/aromatic N) is 5. The predicted molar refractivity (Wildman–Crippen MR) is 66.0 cm³/mol. The lowest BCUT2D eigenvalue weighted by atomic mass is 10.3. The van der Waals surface area contributed by atoms with Gasteiger partial charge in [-0.25, -0.2) is 4.68 Å². The van der Waals surface area contributed by atoms with Crippen LogP contribution in [0.5, 0.6) is 0 Å². The molecule has 1 unspecified atom stereocenters. The number of hydrogen-bond donors (Lipinski definition) is 0. The van der Waals surface area contributed by atoms with Gasteiger partial charge in [0, 0.05) is 12.2 Å². The first-order valence-electron chi connectivity index (χ1n) is 5.64. The lowest BCUT2D eigenvalue weighted by molar-refractivity contribution is 0.519. The Kier molecular flexibility index (Phi) is 3.47. The average molecular weight is 254 g/mol. The summed E-state index contributed by atoms with van der Waals surface area (Å²) in [4.78, 5) is 0. The van der Waals surface area contributed by atoms with E-state index in [1.807, 2.05) is 30.1 Å². The average Bonchev–Trinajstić information content (AvgIpc) is 2.87. The fourth-order valence-electron chi connectivity index (χ4n) is 1.49. The van der Waals surface area contributed by atoms with Gasteiger partial charge in [0.1, 0.15) is 5.69 Å². The largest absolute Gasteiger partial charge is 0.270 e. The molecule has 2 aromatic rings. The van der Waals surface area contributed by atoms with Crippen molar-refractivity contribution in [2.75, 3.05) is 0 Å². The Morgan fingerprint density at radius 2 is 2.12 bits per heavy atom. The monoisotopic (exact) mass is 253 g/mol. The maximum atomic E-state index is 5.93. The molecule has 5 nitrogen and oxygen atoms in total. The summed E-state index contributed by atoms with van der Waals surface area (Å²) in [5.74, 6) is 0. The summed E-state index contributed by atoms with van der Waals surface area (Å²) >= 11 is 5.93. The summed E-state index contributed by atoms with van der Waals surface area (Å²) in [6, 6.07) is 2.36. The Labute approximate surface area is 105 Å². The second-order valence-electron chi connectivity index (χ2n) is 4.34. The molecule has 2 rings (SSSR count). The Balaban J connectivity index is 2.08. The predicted octanol–water partition coefficient (Wildman–Crippen LogP) is 2.40. The first-order chi connectivity index (χ1) is 8.06. The number of alkyl halides is 1. The zero-order chi connectivity index (χ0) is 12.4. The third kappa shape index (κ3) is 2.85. The minimum absolute atomic E-state index is 0.114. The molecule has 0 amide bonds. The van der Waals surface area contributed by atoms with E-state index in [1.54, 1.807) is 4.68 Å². The number of hydrogen-bond acceptors (Lipinski definition) is 3. The molecule has 0 saturated carbocycles. The molecule has 0 aliphatic heterocycles. The van der Waals surface area contributed by atoms with Gasteiger partial charge in [-0.15, -0.1) is 16.7 Å². The molecular weight excluding hydrogens is 238 g/mol. The fourth-order valence-corrected chi connectivity index (χ4v) is 1.59. The highest BCUT2D eigenvalue weighted by molar-refractivity contribution is 6.20. The first kappa shape index (κ1) is 12.1. The van der Waals surface area contributed by atoms with Crippen LogP contribution in [0, 0.1) is 0 Å². The van der Waals surface area contributed by atoms with Crippen LogP contribution in [0.1, 0.15) is 43.6 Å². The summed E-state index contributed by atoms with van der Waals surface area (Å²) in [7, 11) is 0. The molecule has 0 aromatic carbocycles. The minimum Gasteiger partial charge on any atom is -0.270 e. The van der Waals surface area contributed by atoms with Gasteiger partial charge in [0.25, 0.3) is 0 Å². The molecule has 0 spiro atoms. The van der Waals surface area contributed by atoms with Crippen LogP contribution in [0.25, 0.3) is 0 Å². The van der Waals surface area contributed by atoms with E-state index in [0.29, 0.717) is 12.6 Å². The van der Waals surface area contributed by atoms with E-state index in [0.717, 1.165) is 11.4 Å². The van der Waals surface area contributed by atoms with Gasteiger partial charge in [-0.05, 0) is 26.8 Å². The lowest BCUT2D eigenvalue weighted by Gasteiger charge is -2.03. The van der Waals surface area contributed by atoms with E-state index >= 15 is 0 Å². The summed E-state index contributed by atoms with van der Waals surface area (Å²) in [6.45, 7) is 6.69. The Hall–Kier alpha value is -1.36. The van der Waals surface area contributed by atoms with Gasteiger partial charge < -0.3 is 0 Å². The van der Waals surface area contributed by atoms with Crippen LogP contribution in [0.15, 0.2) is 18.5 Å². The summed E-state index contributed by atoms with van der Waals surface area (Å²) in [5, 5.41) is 12.4. The SMILES string of the molecule is CC(Cl)c1cn(Cc2ccn(C(C)C)n2)nn1. The van der Waals surface area contributed by atoms with Crippen molar-refractivity contribution in [3.8, 4) is 0 Å². The van der Waals surface area contributed by atoms with E-state index in [4.69, 9.17) is 11.6 Å². The zero-order valence-electron chi connectivity index (χ0n) is 10.2. The van der Waals surface area contributed by atoms with Crippen LogP contribution in [-0.4, -0.2) is 24.8 Å². The normalized spacial score (nSPS) is 13.2. The third-order valence-corrected chi connectivity index (χ3v) is 2.70. The molecule has 0 saturated heterocycles. The topological polar surface area (TPSA) is 48.5 Å². The van der Waals surface area contributed by atoms with Crippen LogP contribution < -0.4 is 0 Å². The van der Waals surface area contributed by atoms with Crippen molar-refractivity contribution >= 4 is 11.6 Å². The van der Waals surface area contributed by atoms with Crippen molar-refractivity contribution in [2.45, 2.75) is 38.7 Å². The van der Waals surface area contributed by atoms with E-state index in [1.165, 1.54) is 0 Å². The minimum atomic E-state index is -0.114. The fraction of sp³-hybridized carbons (Fsp3) is 0.545. The van der Waals surface area contributed by atoms with Gasteiger partial charge >= 0.3 is 0 Å². The molecule has 2 heterocycles. The zero-order valence-corrected chi connectivity index (χ0v) is 11.0. The van der Waals surface area contributed by atoms with Gasteiger partial charge in [0.05, 0.1) is 23.8 Å². The van der Waals surface area contributed by atoms with Crippen LogP contribution in [0.2, 0.25) is 0 Å². The maximum absolute atomic E-state index is 5.93. The lowest BCUT2D eigenvalue weighted by Crippen LogP contribution is -2.05. The number of aromatic nitrogens is 5. The highest BCUT2D eigenvalue weighted by Gasteiger charge is 2.08. The van der Waals surface area contributed by atoms with Crippen molar-refractivity contribution in [1.82, 2.24) is 24.8 Å². The van der Waals surface area contributed by atoms with Crippen LogP contribution in [0.3, 0.4) is 0 Å². The van der Waals surface area contributed by atoms with Crippen molar-refractivity contribution in [1.29, 1.82) is 0 Å². The molecule has 1 atom stereocenters. The van der Waals surface area contributed by atoms with Crippen molar-refractivity contribution in [2.24, 2.45) is 0 Å². The quantitative estimate of drug-likeness (QED) is 0.787. The molecule has 6 heteroatoms. The van der Waals surface area contributed by atoms with Crippen LogP contribution in [-0.2, 0) is 6.54 Å². The number of rotatable bonds is 4. The van der Waals surface area contributed by atoms with Gasteiger partial charge in [0.15, 0.2) is 0 Å². The van der Waals surface area contributed by atoms with Gasteiger partial charge in [0.2, 0.25) is 0 Å². The van der Waals surface area contributed by atoms with Crippen molar-refractivity contribution in [3.63, 3.8) is 0 Å². The number of halogens is 1. The summed E-state index contributed by atoms with van der Waals surface area (Å²) in [5.41, 5.74) is 1.76. The van der Waals surface area contributed by atoms with Crippen molar-refractivity contribution < 1.29 is 0 Å². The van der Waals surface area contributed by atoms with E-state index in [2.05, 4.69) is 29.3 Å². The Morgan fingerprint density at radius 3 is 2.65 bits per heavy atom. The van der Waals surface area contributed by atoms with E-state index in [9.17, 15) is 0 Å². The molecule has 0 aliphatic carbocycles. The summed E-state index contributed by atoms with van der Waals surface area (Å²) < 4.78 is 3.68. The van der Waals surface area contributed by atoms with Crippen LogP contribution in [0.4, 0.5) is 0 Å². The molecule has 0 bridgehead atoms. The van der Waals surface area contributed by atoms with Gasteiger partial charge in [-0.3, -0.25) is 4.68 Å². The standard InChI is InChI=1S/C11H16ClN5/c1-8(2)17-5-4-10(14-17)6-16-7-11(9(3)12)13-15-16/h4-5,7-9H,6H2,1-3H3. The van der Waals surface area contributed by atoms with Gasteiger partial charge in [-0.1, -0.05) is 5.21 Å². The van der Waals surface area contributed by atoms with Crippen molar-refractivity contribution in [3.05, 3.63) is 29.8 Å². The Morgan fingerprint density at radius 1 is 1.35 bits per heavy atom. The van der Waals surface area contributed by atoms with E-state index < -0.39 is 0 Å². The molecule has 92 valence electrons. The van der Waals surface area contributed by atoms with Gasteiger partial charge in [-0.2, -0.15) is 5.10 Å². The highest BCUT2D eigenvalue weighted by Crippen LogP contribution is 2.15. The Bertz CT molecular complexity index is 441. The van der Waals surface area contributed by atoms with Crippen LogP contribution >= 0.6 is 11.6 Å². The summed E-state index contributed by atoms with van der Waals surface area (Å²) in [6.07, 6.45) is 3.83. The molecule has 0 fully saturated rings. The second kappa shape index (κ2) is 4.87. The van der Waals surface area contributed by atoms with E-state index in [-0.39, 0.29) is 5.38 Å². The molecule has 17 heavy (non-hydrogen) atoms. The molecule has 0 radical (unpaired) electrons. The third-order valence-electron chi connectivity index (χ3n) is 2.48. The first-order valence-corrected chi connectivity index (χ1v) is 6.08.